The average Bonchev–Trinajstić information content (AvgIpc) is 2.42. The number of methoxy groups -OCH3 is 1. The highest BCUT2D eigenvalue weighted by atomic mass is 16.5. The van der Waals surface area contributed by atoms with Gasteiger partial charge in [0, 0.05) is 18.6 Å². The molecule has 0 aliphatic carbocycles. The smallest absolute Gasteiger partial charge is 0.170 e. The predicted octanol–water partition coefficient (Wildman–Crippen LogP) is 3.56. The van der Waals surface area contributed by atoms with Gasteiger partial charge in [-0.15, -0.1) is 0 Å². The van der Waals surface area contributed by atoms with Crippen LogP contribution in [0.3, 0.4) is 0 Å². The van der Waals surface area contributed by atoms with Gasteiger partial charge in [0.25, 0.3) is 0 Å². The van der Waals surface area contributed by atoms with Gasteiger partial charge >= 0.3 is 0 Å². The lowest BCUT2D eigenvalue weighted by Gasteiger charge is -2.12. The monoisotopic (exact) mass is 266 g/mol. The van der Waals surface area contributed by atoms with Crippen LogP contribution in [0, 0.1) is 0 Å². The zero-order valence-electron chi connectivity index (χ0n) is 11.9. The molecule has 4 nitrogen and oxygen atoms in total. The molecule has 0 bridgehead atoms. The summed E-state index contributed by atoms with van der Waals surface area (Å²) in [6.07, 6.45) is 3.52. The number of ether oxygens (including phenoxy) is 2. The molecule has 0 radical (unpaired) electrons. The van der Waals surface area contributed by atoms with E-state index in [1.165, 1.54) is 13.2 Å². The number of phenolic OH excluding ortho intramolecular Hbond substituents is 1. The fraction of sp³-hybridized carbons (Fsp3) is 0.533. The Balaban J connectivity index is 2.87. The van der Waals surface area contributed by atoms with Crippen LogP contribution >= 0.6 is 0 Å². The molecule has 0 saturated heterocycles. The van der Waals surface area contributed by atoms with Crippen molar-refractivity contribution in [2.75, 3.05) is 13.7 Å². The molecule has 106 valence electrons. The lowest BCUT2D eigenvalue weighted by molar-refractivity contribution is 0.0982. The van der Waals surface area contributed by atoms with Crippen molar-refractivity contribution in [3.63, 3.8) is 0 Å². The number of carbonyl (C=O) groups excluding carboxylic acids is 1. The fourth-order valence-corrected chi connectivity index (χ4v) is 1.82. The minimum absolute atomic E-state index is 0.0864. The summed E-state index contributed by atoms with van der Waals surface area (Å²) in [5.74, 6) is 0.652. The molecule has 1 N–H and O–H groups in total. The van der Waals surface area contributed by atoms with E-state index >= 15 is 0 Å². The van der Waals surface area contributed by atoms with Crippen molar-refractivity contribution >= 4 is 5.78 Å². The first kappa shape index (κ1) is 15.3. The molecular weight excluding hydrogens is 244 g/mol. The third kappa shape index (κ3) is 4.16. The Morgan fingerprint density at radius 3 is 2.58 bits per heavy atom. The fourth-order valence-electron chi connectivity index (χ4n) is 1.82. The van der Waals surface area contributed by atoms with Gasteiger partial charge in [-0.1, -0.05) is 26.7 Å². The van der Waals surface area contributed by atoms with Crippen molar-refractivity contribution in [2.45, 2.75) is 39.5 Å². The number of hydrogen-bond donors (Lipinski definition) is 1. The summed E-state index contributed by atoms with van der Waals surface area (Å²) in [4.78, 5) is 11.7. The van der Waals surface area contributed by atoms with E-state index in [0.717, 1.165) is 19.3 Å². The van der Waals surface area contributed by atoms with Crippen LogP contribution in [0.25, 0.3) is 0 Å². The zero-order chi connectivity index (χ0) is 14.3. The molecule has 0 atom stereocenters. The van der Waals surface area contributed by atoms with Crippen molar-refractivity contribution in [1.29, 1.82) is 0 Å². The largest absolute Gasteiger partial charge is 0.507 e. The molecule has 0 aliphatic heterocycles. The maximum atomic E-state index is 11.7. The Morgan fingerprint density at radius 1 is 1.26 bits per heavy atom. The molecule has 1 aromatic carbocycles. The summed E-state index contributed by atoms with van der Waals surface area (Å²) in [6, 6.07) is 3.12. The molecule has 19 heavy (non-hydrogen) atoms. The molecule has 0 heterocycles. The Kier molecular flexibility index (Phi) is 6.19. The van der Waals surface area contributed by atoms with Gasteiger partial charge in [0.15, 0.2) is 5.78 Å². The maximum Gasteiger partial charge on any atom is 0.170 e. The van der Waals surface area contributed by atoms with Crippen LogP contribution in [-0.4, -0.2) is 24.6 Å². The van der Waals surface area contributed by atoms with Crippen LogP contribution in [0.15, 0.2) is 12.1 Å². The highest BCUT2D eigenvalue weighted by Gasteiger charge is 2.17. The number of Topliss-reactive ketones (excluding diaryl/α,β-unsaturated/α-hetero) is 1. The SMILES string of the molecule is CCCCCOc1cc(O)c(C(=O)CC)c(OC)c1. The number of ketones is 1. The summed E-state index contributed by atoms with van der Waals surface area (Å²) in [6.45, 7) is 4.47. The number of hydrogen-bond acceptors (Lipinski definition) is 4. The van der Waals surface area contributed by atoms with Gasteiger partial charge in [-0.3, -0.25) is 4.79 Å². The quantitative estimate of drug-likeness (QED) is 0.577. The van der Waals surface area contributed by atoms with E-state index in [1.807, 2.05) is 0 Å². The standard InChI is InChI=1S/C15H22O4/c1-4-6-7-8-19-11-9-13(17)15(12(16)5-2)14(10-11)18-3/h9-10,17H,4-8H2,1-3H3. The minimum atomic E-state index is -0.146. The summed E-state index contributed by atoms with van der Waals surface area (Å²) in [5, 5.41) is 9.93. The van der Waals surface area contributed by atoms with Gasteiger partial charge in [-0.2, -0.15) is 0 Å². The molecule has 0 saturated carbocycles. The Bertz CT molecular complexity index is 426. The number of aromatic hydroxyl groups is 1. The summed E-state index contributed by atoms with van der Waals surface area (Å²) in [7, 11) is 1.47. The molecule has 0 aromatic heterocycles. The van der Waals surface area contributed by atoms with E-state index in [4.69, 9.17) is 9.47 Å². The Morgan fingerprint density at radius 2 is 2.00 bits per heavy atom. The van der Waals surface area contributed by atoms with Crippen molar-refractivity contribution < 1.29 is 19.4 Å². The van der Waals surface area contributed by atoms with Gasteiger partial charge in [-0.25, -0.2) is 0 Å². The summed E-state index contributed by atoms with van der Waals surface area (Å²) < 4.78 is 10.7. The first-order chi connectivity index (χ1) is 9.13. The molecule has 0 fully saturated rings. The van der Waals surface area contributed by atoms with Gasteiger partial charge < -0.3 is 14.6 Å². The van der Waals surface area contributed by atoms with E-state index in [9.17, 15) is 9.90 Å². The van der Waals surface area contributed by atoms with Crippen LogP contribution in [0.5, 0.6) is 17.2 Å². The molecule has 1 rings (SSSR count). The predicted molar refractivity (Wildman–Crippen MR) is 74.3 cm³/mol. The third-order valence-corrected chi connectivity index (χ3v) is 2.89. The minimum Gasteiger partial charge on any atom is -0.507 e. The normalized spacial score (nSPS) is 10.3. The van der Waals surface area contributed by atoms with Crippen molar-refractivity contribution in [3.8, 4) is 17.2 Å². The van der Waals surface area contributed by atoms with Crippen LogP contribution in [0.4, 0.5) is 0 Å². The van der Waals surface area contributed by atoms with Crippen LogP contribution in [0.1, 0.15) is 49.9 Å². The van der Waals surface area contributed by atoms with Gasteiger partial charge in [0.05, 0.1) is 13.7 Å². The van der Waals surface area contributed by atoms with Gasteiger partial charge in [0.2, 0.25) is 0 Å². The molecule has 0 amide bonds. The number of unbranched alkanes of at least 4 members (excludes halogenated alkanes) is 2. The van der Waals surface area contributed by atoms with Crippen molar-refractivity contribution in [2.24, 2.45) is 0 Å². The van der Waals surface area contributed by atoms with Crippen LogP contribution < -0.4 is 9.47 Å². The van der Waals surface area contributed by atoms with Crippen molar-refractivity contribution in [1.82, 2.24) is 0 Å². The average molecular weight is 266 g/mol. The molecule has 4 heteroatoms. The van der Waals surface area contributed by atoms with Gasteiger partial charge in [-0.05, 0) is 6.42 Å². The highest BCUT2D eigenvalue weighted by molar-refractivity contribution is 6.01. The van der Waals surface area contributed by atoms with Crippen LogP contribution in [-0.2, 0) is 0 Å². The molecule has 0 unspecified atom stereocenters. The van der Waals surface area contributed by atoms with Crippen LogP contribution in [0.2, 0.25) is 0 Å². The lowest BCUT2D eigenvalue weighted by Crippen LogP contribution is -2.03. The number of phenols is 1. The number of rotatable bonds is 8. The molecular formula is C15H22O4. The summed E-state index contributed by atoms with van der Waals surface area (Å²) in [5.41, 5.74) is 0.228. The van der Waals surface area contributed by atoms with E-state index < -0.39 is 0 Å². The first-order valence-electron chi connectivity index (χ1n) is 6.71. The second-order valence-electron chi connectivity index (χ2n) is 4.35. The second kappa shape index (κ2) is 7.67. The van der Waals surface area contributed by atoms with E-state index in [2.05, 4.69) is 6.92 Å². The lowest BCUT2D eigenvalue weighted by atomic mass is 10.1. The molecule has 0 aliphatic rings. The van der Waals surface area contributed by atoms with E-state index in [0.29, 0.717) is 24.5 Å². The van der Waals surface area contributed by atoms with Gasteiger partial charge in [0.1, 0.15) is 22.8 Å². The van der Waals surface area contributed by atoms with E-state index in [-0.39, 0.29) is 17.1 Å². The molecule has 1 aromatic rings. The first-order valence-corrected chi connectivity index (χ1v) is 6.71. The van der Waals surface area contributed by atoms with E-state index in [1.54, 1.807) is 13.0 Å². The Hall–Kier alpha value is -1.71. The second-order valence-corrected chi connectivity index (χ2v) is 4.35. The van der Waals surface area contributed by atoms with Crippen molar-refractivity contribution in [3.05, 3.63) is 17.7 Å². The molecule has 0 spiro atoms. The maximum absolute atomic E-state index is 11.7. The number of carbonyl (C=O) groups is 1. The zero-order valence-corrected chi connectivity index (χ0v) is 11.9. The third-order valence-electron chi connectivity index (χ3n) is 2.89. The number of benzene rings is 1. The summed E-state index contributed by atoms with van der Waals surface area (Å²) >= 11 is 0. The Labute approximate surface area is 114 Å². The highest BCUT2D eigenvalue weighted by Crippen LogP contribution is 2.34. The topological polar surface area (TPSA) is 55.8 Å².